The minimum atomic E-state index is 0.0857. The van der Waals surface area contributed by atoms with Gasteiger partial charge in [-0.2, -0.15) is 5.26 Å². The van der Waals surface area contributed by atoms with E-state index in [4.69, 9.17) is 5.26 Å². The Hall–Kier alpha value is -1.05. The Bertz CT molecular complexity index is 507. The highest BCUT2D eigenvalue weighted by atomic mass is 79.9. The largest absolute Gasteiger partial charge is 0.364 e. The van der Waals surface area contributed by atoms with Crippen molar-refractivity contribution in [3.63, 3.8) is 0 Å². The summed E-state index contributed by atoms with van der Waals surface area (Å²) < 4.78 is 1.12. The van der Waals surface area contributed by atoms with Crippen LogP contribution in [0.3, 0.4) is 0 Å². The van der Waals surface area contributed by atoms with E-state index in [1.165, 1.54) is 5.69 Å². The van der Waals surface area contributed by atoms with Crippen molar-refractivity contribution in [2.24, 2.45) is 0 Å². The zero-order valence-corrected chi connectivity index (χ0v) is 14.0. The summed E-state index contributed by atoms with van der Waals surface area (Å²) in [5.41, 5.74) is 1.30. The second kappa shape index (κ2) is 6.15. The molecule has 0 aromatic heterocycles. The standard InChI is InChI=1S/C16H22BrN3/c1-16(2)9-11-19(3)13(8-10-18)12-20(16)15-7-5-4-6-14(15)17/h4-7,13H,8-9,11-12H2,1-3H3. The van der Waals surface area contributed by atoms with Crippen molar-refractivity contribution in [2.45, 2.75) is 38.3 Å². The molecule has 1 atom stereocenters. The number of likely N-dealkylation sites (N-methyl/N-ethyl adjacent to an activating group) is 1. The van der Waals surface area contributed by atoms with Gasteiger partial charge in [-0.15, -0.1) is 0 Å². The van der Waals surface area contributed by atoms with Crippen molar-refractivity contribution in [1.82, 2.24) is 4.90 Å². The van der Waals surface area contributed by atoms with E-state index in [0.29, 0.717) is 6.42 Å². The molecule has 1 fully saturated rings. The van der Waals surface area contributed by atoms with Crippen molar-refractivity contribution in [1.29, 1.82) is 5.26 Å². The summed E-state index contributed by atoms with van der Waals surface area (Å²) in [6, 6.07) is 11.0. The molecule has 3 nitrogen and oxygen atoms in total. The Morgan fingerprint density at radius 1 is 1.40 bits per heavy atom. The smallest absolute Gasteiger partial charge is 0.0638 e. The fourth-order valence-corrected chi connectivity index (χ4v) is 3.28. The van der Waals surface area contributed by atoms with Crippen molar-refractivity contribution >= 4 is 21.6 Å². The molecule has 2 rings (SSSR count). The SMILES string of the molecule is CN1CCC(C)(C)N(c2ccccc2Br)CC1CC#N. The van der Waals surface area contributed by atoms with E-state index < -0.39 is 0 Å². The van der Waals surface area contributed by atoms with Crippen LogP contribution in [0.5, 0.6) is 0 Å². The molecule has 1 saturated heterocycles. The third-order valence-corrected chi connectivity index (χ3v) is 4.96. The maximum absolute atomic E-state index is 9.07. The first kappa shape index (κ1) is 15.3. The first-order valence-electron chi connectivity index (χ1n) is 7.05. The van der Waals surface area contributed by atoms with E-state index in [-0.39, 0.29) is 11.6 Å². The molecule has 108 valence electrons. The average Bonchev–Trinajstić information content (AvgIpc) is 2.51. The van der Waals surface area contributed by atoms with E-state index in [1.807, 2.05) is 6.07 Å². The van der Waals surface area contributed by atoms with E-state index in [0.717, 1.165) is 24.0 Å². The van der Waals surface area contributed by atoms with E-state index >= 15 is 0 Å². The molecule has 0 radical (unpaired) electrons. The zero-order chi connectivity index (χ0) is 14.8. The maximum atomic E-state index is 9.07. The number of rotatable bonds is 2. The van der Waals surface area contributed by atoms with Gasteiger partial charge in [0.2, 0.25) is 0 Å². The van der Waals surface area contributed by atoms with Gasteiger partial charge in [0.05, 0.1) is 18.2 Å². The second-order valence-corrected chi connectivity index (χ2v) is 6.98. The van der Waals surface area contributed by atoms with Crippen LogP contribution in [0.2, 0.25) is 0 Å². The summed E-state index contributed by atoms with van der Waals surface area (Å²) in [7, 11) is 2.13. The predicted octanol–water partition coefficient (Wildman–Crippen LogP) is 3.65. The topological polar surface area (TPSA) is 30.3 Å². The van der Waals surface area contributed by atoms with Gasteiger partial charge in [0.25, 0.3) is 0 Å². The molecular weight excluding hydrogens is 314 g/mol. The quantitative estimate of drug-likeness (QED) is 0.826. The lowest BCUT2D eigenvalue weighted by atomic mass is 9.97. The first-order chi connectivity index (χ1) is 9.45. The van der Waals surface area contributed by atoms with Crippen molar-refractivity contribution in [2.75, 3.05) is 25.0 Å². The molecule has 1 aromatic rings. The minimum Gasteiger partial charge on any atom is -0.364 e. The normalized spacial score (nSPS) is 23.1. The molecule has 0 bridgehead atoms. The molecule has 0 saturated carbocycles. The number of hydrogen-bond acceptors (Lipinski definition) is 3. The first-order valence-corrected chi connectivity index (χ1v) is 7.84. The molecule has 1 heterocycles. The Morgan fingerprint density at radius 3 is 2.75 bits per heavy atom. The molecule has 1 aliphatic heterocycles. The third-order valence-electron chi connectivity index (χ3n) is 4.29. The molecule has 1 unspecified atom stereocenters. The second-order valence-electron chi connectivity index (χ2n) is 6.12. The minimum absolute atomic E-state index is 0.0857. The van der Waals surface area contributed by atoms with Gasteiger partial charge in [-0.05, 0) is 55.4 Å². The fourth-order valence-electron chi connectivity index (χ4n) is 2.79. The van der Waals surface area contributed by atoms with Gasteiger partial charge in [0.1, 0.15) is 0 Å². The lowest BCUT2D eigenvalue weighted by Crippen LogP contribution is -2.47. The van der Waals surface area contributed by atoms with Crippen LogP contribution in [0.4, 0.5) is 5.69 Å². The van der Waals surface area contributed by atoms with Crippen molar-refractivity contribution in [3.8, 4) is 6.07 Å². The maximum Gasteiger partial charge on any atom is 0.0638 e. The van der Waals surface area contributed by atoms with Gasteiger partial charge < -0.3 is 9.80 Å². The van der Waals surface area contributed by atoms with Gasteiger partial charge >= 0.3 is 0 Å². The monoisotopic (exact) mass is 335 g/mol. The van der Waals surface area contributed by atoms with Crippen LogP contribution in [0.1, 0.15) is 26.7 Å². The van der Waals surface area contributed by atoms with Crippen LogP contribution < -0.4 is 4.90 Å². The fraction of sp³-hybridized carbons (Fsp3) is 0.562. The van der Waals surface area contributed by atoms with E-state index in [2.05, 4.69) is 70.9 Å². The number of nitrogens with zero attached hydrogens (tertiary/aromatic N) is 3. The van der Waals surface area contributed by atoms with E-state index in [9.17, 15) is 0 Å². The summed E-state index contributed by atoms with van der Waals surface area (Å²) in [4.78, 5) is 4.77. The van der Waals surface area contributed by atoms with Crippen LogP contribution in [0, 0.1) is 11.3 Å². The number of benzene rings is 1. The molecule has 0 spiro atoms. The van der Waals surface area contributed by atoms with Gasteiger partial charge in [-0.25, -0.2) is 0 Å². The molecule has 0 amide bonds. The van der Waals surface area contributed by atoms with Crippen molar-refractivity contribution in [3.05, 3.63) is 28.7 Å². The molecule has 4 heteroatoms. The number of nitriles is 1. The molecule has 20 heavy (non-hydrogen) atoms. The van der Waals surface area contributed by atoms with E-state index in [1.54, 1.807) is 0 Å². The third kappa shape index (κ3) is 3.16. The highest BCUT2D eigenvalue weighted by molar-refractivity contribution is 9.10. The molecule has 0 N–H and O–H groups in total. The van der Waals surface area contributed by atoms with Gasteiger partial charge in [-0.3, -0.25) is 0 Å². The van der Waals surface area contributed by atoms with Gasteiger partial charge in [-0.1, -0.05) is 12.1 Å². The van der Waals surface area contributed by atoms with Crippen molar-refractivity contribution < 1.29 is 0 Å². The molecule has 1 aliphatic rings. The lowest BCUT2D eigenvalue weighted by Gasteiger charge is -2.40. The zero-order valence-electron chi connectivity index (χ0n) is 12.4. The summed E-state index contributed by atoms with van der Waals surface area (Å²) in [5.74, 6) is 0. The average molecular weight is 336 g/mol. The summed E-state index contributed by atoms with van der Waals surface area (Å²) in [5, 5.41) is 9.07. The highest BCUT2D eigenvalue weighted by Crippen LogP contribution is 2.35. The Morgan fingerprint density at radius 2 is 2.10 bits per heavy atom. The number of halogens is 1. The number of para-hydroxylation sites is 1. The lowest BCUT2D eigenvalue weighted by molar-refractivity contribution is 0.260. The van der Waals surface area contributed by atoms with Crippen LogP contribution >= 0.6 is 15.9 Å². The molecule has 0 aliphatic carbocycles. The van der Waals surface area contributed by atoms with Gasteiger partial charge in [0, 0.05) is 29.1 Å². The van der Waals surface area contributed by atoms with Crippen LogP contribution in [0.25, 0.3) is 0 Å². The Balaban J connectivity index is 2.37. The summed E-state index contributed by atoms with van der Waals surface area (Å²) in [6.45, 7) is 6.49. The summed E-state index contributed by atoms with van der Waals surface area (Å²) in [6.07, 6.45) is 1.67. The van der Waals surface area contributed by atoms with Gasteiger partial charge in [0.15, 0.2) is 0 Å². The highest BCUT2D eigenvalue weighted by Gasteiger charge is 2.34. The Kier molecular flexibility index (Phi) is 4.72. The van der Waals surface area contributed by atoms with Crippen LogP contribution in [0.15, 0.2) is 28.7 Å². The molecular formula is C16H22BrN3. The molecule has 1 aromatic carbocycles. The number of hydrogen-bond donors (Lipinski definition) is 0. The predicted molar refractivity (Wildman–Crippen MR) is 86.8 cm³/mol. The van der Waals surface area contributed by atoms with Crippen LogP contribution in [-0.4, -0.2) is 36.6 Å². The summed E-state index contributed by atoms with van der Waals surface area (Å²) >= 11 is 3.66. The Labute approximate surface area is 130 Å². The van der Waals surface area contributed by atoms with Crippen LogP contribution in [-0.2, 0) is 0 Å². The number of anilines is 1.